The smallest absolute Gasteiger partial charge is 0.273 e. The Hall–Kier alpha value is -2.82. The summed E-state index contributed by atoms with van der Waals surface area (Å²) < 4.78 is 35.0. The second-order valence-corrected chi connectivity index (χ2v) is 11.3. The highest BCUT2D eigenvalue weighted by atomic mass is 32.3. The molecule has 2 aliphatic heterocycles. The van der Waals surface area contributed by atoms with Gasteiger partial charge < -0.3 is 14.0 Å². The lowest BCUT2D eigenvalue weighted by molar-refractivity contribution is 0.0572. The summed E-state index contributed by atoms with van der Waals surface area (Å²) in [4.78, 5) is 15.9. The minimum Gasteiger partial charge on any atom is -0.593 e. The second kappa shape index (κ2) is 8.14. The molecule has 2 aromatic heterocycles. The Bertz CT molecular complexity index is 1280. The highest BCUT2D eigenvalue weighted by molar-refractivity contribution is 7.95. The van der Waals surface area contributed by atoms with Crippen LogP contribution >= 0.6 is 0 Å². The predicted molar refractivity (Wildman–Crippen MR) is 125 cm³/mol. The van der Waals surface area contributed by atoms with Crippen molar-refractivity contribution in [1.82, 2.24) is 24.1 Å². The zero-order valence-electron chi connectivity index (χ0n) is 20.0. The Balaban J connectivity index is 1.50. The first-order chi connectivity index (χ1) is 16.1. The van der Waals surface area contributed by atoms with Crippen LogP contribution in [-0.2, 0) is 14.6 Å². The number of hydrogen-bond donors (Lipinski definition) is 0. The van der Waals surface area contributed by atoms with Crippen LogP contribution in [0.4, 0.5) is 0 Å². The molecule has 0 aliphatic carbocycles. The van der Waals surface area contributed by atoms with Gasteiger partial charge in [0.15, 0.2) is 16.2 Å². The van der Waals surface area contributed by atoms with E-state index in [0.29, 0.717) is 24.4 Å². The molecule has 0 N–H and O–H groups in total. The monoisotopic (exact) mass is 483 g/mol. The first kappa shape index (κ1) is 22.9. The van der Waals surface area contributed by atoms with Crippen molar-refractivity contribution >= 4 is 16.3 Å². The highest BCUT2D eigenvalue weighted by Gasteiger charge is 2.50. The third-order valence-corrected chi connectivity index (χ3v) is 8.97. The van der Waals surface area contributed by atoms with Crippen LogP contribution in [0.2, 0.25) is 0 Å². The highest BCUT2D eigenvalue weighted by Crippen LogP contribution is 2.44. The minimum absolute atomic E-state index is 0.0975. The van der Waals surface area contributed by atoms with Gasteiger partial charge >= 0.3 is 0 Å². The van der Waals surface area contributed by atoms with E-state index in [1.807, 2.05) is 42.2 Å². The van der Waals surface area contributed by atoms with Gasteiger partial charge in [-0.1, -0.05) is 41.4 Å². The number of para-hydroxylation sites is 1. The Morgan fingerprint density at radius 3 is 2.47 bits per heavy atom. The van der Waals surface area contributed by atoms with E-state index in [4.69, 9.17) is 9.62 Å². The number of carbonyl (C=O) groups is 1. The fraction of sp³-hybridized carbons (Fsp3) is 0.458. The Morgan fingerprint density at radius 1 is 1.15 bits per heavy atom. The Labute approximate surface area is 200 Å². The number of hydrogen-bond acceptors (Lipinski definition) is 6. The molecule has 3 unspecified atom stereocenters. The van der Waals surface area contributed by atoms with Gasteiger partial charge in [-0.05, 0) is 38.3 Å². The number of aryl methyl sites for hydroxylation is 3. The lowest BCUT2D eigenvalue weighted by atomic mass is 9.95. The van der Waals surface area contributed by atoms with Gasteiger partial charge in [0, 0.05) is 19.0 Å². The SMILES string of the molecule is Cc1nn(-c2ccccc2)c2c1C(C(C)C)N(C1CCN([S+](=O)([O-])c3c(C)noc3C)C1)C2=O. The van der Waals surface area contributed by atoms with E-state index >= 15 is 0 Å². The number of rotatable bonds is 5. The van der Waals surface area contributed by atoms with Crippen molar-refractivity contribution in [2.24, 2.45) is 5.92 Å². The molecule has 34 heavy (non-hydrogen) atoms. The van der Waals surface area contributed by atoms with Crippen molar-refractivity contribution in [3.63, 3.8) is 0 Å². The van der Waals surface area contributed by atoms with Crippen LogP contribution in [0.3, 0.4) is 0 Å². The van der Waals surface area contributed by atoms with E-state index in [1.54, 1.807) is 18.5 Å². The molecular formula is C24H29N5O4S. The molecule has 9 nitrogen and oxygen atoms in total. The number of aromatic nitrogens is 3. The molecule has 1 fully saturated rings. The lowest BCUT2D eigenvalue weighted by Gasteiger charge is -2.34. The van der Waals surface area contributed by atoms with Gasteiger partial charge in [-0.25, -0.2) is 4.68 Å². The lowest BCUT2D eigenvalue weighted by Crippen LogP contribution is -2.44. The van der Waals surface area contributed by atoms with E-state index in [2.05, 4.69) is 19.0 Å². The number of nitrogens with zero attached hydrogens (tertiary/aromatic N) is 5. The molecule has 4 heterocycles. The summed E-state index contributed by atoms with van der Waals surface area (Å²) in [6.07, 6.45) is 0.569. The van der Waals surface area contributed by atoms with Gasteiger partial charge in [-0.15, -0.1) is 4.31 Å². The van der Waals surface area contributed by atoms with Crippen molar-refractivity contribution in [3.8, 4) is 5.69 Å². The Kier molecular flexibility index (Phi) is 5.50. The molecule has 5 rings (SSSR count). The molecular weight excluding hydrogens is 454 g/mol. The summed E-state index contributed by atoms with van der Waals surface area (Å²) in [6.45, 7) is 9.93. The maximum absolute atomic E-state index is 13.9. The average Bonchev–Trinajstić information content (AvgIpc) is 3.54. The molecule has 180 valence electrons. The normalized spacial score (nSPS) is 22.6. The minimum atomic E-state index is -3.77. The number of sulfonamides is 1. The van der Waals surface area contributed by atoms with Crippen LogP contribution in [0.25, 0.3) is 5.69 Å². The van der Waals surface area contributed by atoms with Crippen LogP contribution in [0.15, 0.2) is 39.8 Å². The van der Waals surface area contributed by atoms with Crippen molar-refractivity contribution < 1.29 is 18.1 Å². The van der Waals surface area contributed by atoms with E-state index in [9.17, 15) is 13.6 Å². The van der Waals surface area contributed by atoms with Crippen LogP contribution in [0, 0.1) is 26.7 Å². The molecule has 3 aromatic rings. The number of amides is 1. The first-order valence-electron chi connectivity index (χ1n) is 11.5. The number of fused-ring (bicyclic) bond motifs is 1. The van der Waals surface area contributed by atoms with Crippen molar-refractivity contribution in [2.45, 2.75) is 58.0 Å². The third-order valence-electron chi connectivity index (χ3n) is 6.86. The quantitative estimate of drug-likeness (QED) is 0.513. The second-order valence-electron chi connectivity index (χ2n) is 9.46. The largest absolute Gasteiger partial charge is 0.593 e. The molecule has 3 atom stereocenters. The molecule has 0 saturated carbocycles. The summed E-state index contributed by atoms with van der Waals surface area (Å²) in [7, 11) is -3.77. The van der Waals surface area contributed by atoms with Crippen molar-refractivity contribution in [1.29, 1.82) is 0 Å². The van der Waals surface area contributed by atoms with Gasteiger partial charge in [0.25, 0.3) is 5.91 Å². The first-order valence-corrected chi connectivity index (χ1v) is 13.0. The molecule has 0 spiro atoms. The maximum Gasteiger partial charge on any atom is 0.273 e. The van der Waals surface area contributed by atoms with Crippen LogP contribution in [0.1, 0.15) is 59.5 Å². The zero-order valence-corrected chi connectivity index (χ0v) is 20.8. The predicted octanol–water partition coefficient (Wildman–Crippen LogP) is 3.62. The fourth-order valence-corrected chi connectivity index (χ4v) is 7.20. The molecule has 1 aromatic carbocycles. The van der Waals surface area contributed by atoms with Gasteiger partial charge in [0.1, 0.15) is 11.4 Å². The summed E-state index contributed by atoms with van der Waals surface area (Å²) >= 11 is 0. The summed E-state index contributed by atoms with van der Waals surface area (Å²) in [5.74, 6) is 0.328. The molecule has 10 heteroatoms. The summed E-state index contributed by atoms with van der Waals surface area (Å²) in [6, 6.07) is 9.24. The molecule has 1 saturated heterocycles. The molecule has 0 radical (unpaired) electrons. The molecule has 2 aliphatic rings. The van der Waals surface area contributed by atoms with E-state index in [1.165, 1.54) is 4.31 Å². The van der Waals surface area contributed by atoms with Gasteiger partial charge in [0.05, 0.1) is 30.0 Å². The maximum atomic E-state index is 13.9. The van der Waals surface area contributed by atoms with Gasteiger partial charge in [-0.3, -0.25) is 4.79 Å². The average molecular weight is 484 g/mol. The standard InChI is InChI=1S/C24H29N5O4S/c1-14(2)21-20-15(3)25-29(18-9-7-6-8-10-18)22(20)24(30)28(21)19-11-12-27(13-19)34(31,32)23-16(4)26-33-17(23)5/h6-10,14,19,21H,11-13H2,1-5H3. The van der Waals surface area contributed by atoms with Crippen molar-refractivity contribution in [2.75, 3.05) is 13.1 Å². The Morgan fingerprint density at radius 2 is 1.85 bits per heavy atom. The number of carbonyl (C=O) groups excluding carboxylic acids is 1. The van der Waals surface area contributed by atoms with E-state index < -0.39 is 10.4 Å². The van der Waals surface area contributed by atoms with Crippen molar-refractivity contribution in [3.05, 3.63) is 58.7 Å². The van der Waals surface area contributed by atoms with E-state index in [-0.39, 0.29) is 41.1 Å². The molecule has 0 bridgehead atoms. The molecule has 1 amide bonds. The summed E-state index contributed by atoms with van der Waals surface area (Å²) in [5, 5.41) is 8.51. The zero-order chi connectivity index (χ0) is 24.4. The van der Waals surface area contributed by atoms with Crippen LogP contribution in [-0.4, -0.2) is 53.7 Å². The summed E-state index contributed by atoms with van der Waals surface area (Å²) in [5.41, 5.74) is 3.53. The van der Waals surface area contributed by atoms with Crippen LogP contribution < -0.4 is 0 Å². The fourth-order valence-electron chi connectivity index (χ4n) is 5.42. The third kappa shape index (κ3) is 3.35. The number of benzene rings is 1. The van der Waals surface area contributed by atoms with Gasteiger partial charge in [0.2, 0.25) is 4.90 Å². The topological polar surface area (TPSA) is 108 Å². The van der Waals surface area contributed by atoms with Gasteiger partial charge in [-0.2, -0.15) is 5.10 Å². The van der Waals surface area contributed by atoms with Crippen LogP contribution in [0.5, 0.6) is 0 Å². The van der Waals surface area contributed by atoms with E-state index in [0.717, 1.165) is 16.9 Å².